The molecule has 0 radical (unpaired) electrons. The van der Waals surface area contributed by atoms with Crippen LogP contribution < -0.4 is 0 Å². The molecular formula is C47H62O14. The SMILES string of the molecule is CC1=C\C=C2/O[C@H]([C@@]3(O)OC=C[C@@H](C)[C@H]3O)C[C@H]2OC(=O)[C@H](C)C2=CC=C[C@@]3(CC[C@H](O3)[C@H](O)[C@@]3(C)CC(=O)[C@H](O3)[C@H]3C[C@]4(C)CC[C@](O3)(O4)[C@H]3CC[C@](C)(C\C(C)=C\1)O3)O2. The summed E-state index contributed by atoms with van der Waals surface area (Å²) in [5.41, 5.74) is -0.303. The van der Waals surface area contributed by atoms with Gasteiger partial charge in [-0.1, -0.05) is 36.3 Å². The fraction of sp³-hybridized carbons (Fsp3) is 0.702. The maximum Gasteiger partial charge on any atom is 0.317 e. The topological polar surface area (TPSA) is 178 Å². The molecule has 0 aromatic rings. The van der Waals surface area contributed by atoms with Gasteiger partial charge in [-0.15, -0.1) is 0 Å². The fourth-order valence-corrected chi connectivity index (χ4v) is 11.2. The molecule has 10 bridgehead atoms. The Balaban J connectivity index is 1.03. The monoisotopic (exact) mass is 850 g/mol. The Morgan fingerprint density at radius 2 is 1.59 bits per heavy atom. The van der Waals surface area contributed by atoms with E-state index < -0.39 is 94.7 Å². The zero-order valence-electron chi connectivity index (χ0n) is 36.3. The number of esters is 1. The van der Waals surface area contributed by atoms with Gasteiger partial charge in [0.05, 0.1) is 29.7 Å². The Labute approximate surface area is 357 Å². The number of hydrogen-bond acceptors (Lipinski definition) is 14. The molecule has 9 rings (SSSR count). The summed E-state index contributed by atoms with van der Waals surface area (Å²) in [4.78, 5) is 27.8. The van der Waals surface area contributed by atoms with Crippen molar-refractivity contribution in [3.8, 4) is 0 Å². The number of aliphatic hydroxyl groups excluding tert-OH is 2. The van der Waals surface area contributed by atoms with Crippen molar-refractivity contribution in [3.63, 3.8) is 0 Å². The van der Waals surface area contributed by atoms with Gasteiger partial charge in [-0.05, 0) is 98.0 Å². The molecule has 0 aliphatic carbocycles. The van der Waals surface area contributed by atoms with Gasteiger partial charge in [-0.2, -0.15) is 0 Å². The Hall–Kier alpha value is -3.34. The van der Waals surface area contributed by atoms with E-state index in [-0.39, 0.29) is 24.7 Å². The van der Waals surface area contributed by atoms with Gasteiger partial charge in [0.25, 0.3) is 5.79 Å². The van der Waals surface area contributed by atoms with E-state index in [2.05, 4.69) is 26.8 Å². The predicted octanol–water partition coefficient (Wildman–Crippen LogP) is 5.55. The predicted molar refractivity (Wildman–Crippen MR) is 217 cm³/mol. The third-order valence-corrected chi connectivity index (χ3v) is 14.6. The lowest BCUT2D eigenvalue weighted by Crippen LogP contribution is -2.57. The number of carbonyl (C=O) groups is 2. The molecule has 6 saturated heterocycles. The number of aliphatic hydroxyl groups is 3. The molecule has 3 N–H and O–H groups in total. The Bertz CT molecular complexity index is 1990. The third kappa shape index (κ3) is 7.66. The van der Waals surface area contributed by atoms with E-state index in [0.717, 1.165) is 24.0 Å². The van der Waals surface area contributed by atoms with Gasteiger partial charge in [-0.3, -0.25) is 9.59 Å². The van der Waals surface area contributed by atoms with Crippen molar-refractivity contribution in [1.82, 2.24) is 0 Å². The highest BCUT2D eigenvalue weighted by atomic mass is 16.8. The number of allylic oxidation sites excluding steroid dienone is 6. The number of ketones is 1. The molecule has 0 aromatic carbocycles. The highest BCUT2D eigenvalue weighted by molar-refractivity contribution is 5.86. The quantitative estimate of drug-likeness (QED) is 0.280. The molecule has 9 aliphatic heterocycles. The number of hydrogen-bond donors (Lipinski definition) is 3. The molecule has 0 unspecified atom stereocenters. The lowest BCUT2D eigenvalue weighted by atomic mass is 9.88. The number of Topliss-reactive ketones (excluding diaryl/α,β-unsaturated/α-hetero) is 1. The molecule has 14 nitrogen and oxygen atoms in total. The third-order valence-electron chi connectivity index (χ3n) is 14.6. The summed E-state index contributed by atoms with van der Waals surface area (Å²) >= 11 is 0. The number of carbonyl (C=O) groups excluding carboxylic acids is 2. The van der Waals surface area contributed by atoms with Crippen LogP contribution in [0.3, 0.4) is 0 Å². The molecule has 0 saturated carbocycles. The molecule has 0 aromatic heterocycles. The van der Waals surface area contributed by atoms with E-state index in [1.165, 1.54) is 6.26 Å². The average molecular weight is 851 g/mol. The van der Waals surface area contributed by atoms with E-state index in [0.29, 0.717) is 50.0 Å². The van der Waals surface area contributed by atoms with E-state index in [9.17, 15) is 24.9 Å². The van der Waals surface area contributed by atoms with Crippen molar-refractivity contribution in [2.75, 3.05) is 0 Å². The van der Waals surface area contributed by atoms with Crippen molar-refractivity contribution in [1.29, 1.82) is 0 Å². The highest BCUT2D eigenvalue weighted by Crippen LogP contribution is 2.55. The Morgan fingerprint density at radius 3 is 2.39 bits per heavy atom. The van der Waals surface area contributed by atoms with Gasteiger partial charge in [0.2, 0.25) is 5.79 Å². The minimum atomic E-state index is -2.09. The Kier molecular flexibility index (Phi) is 10.7. The van der Waals surface area contributed by atoms with Crippen LogP contribution in [0.4, 0.5) is 0 Å². The summed E-state index contributed by atoms with van der Waals surface area (Å²) in [6.45, 7) is 13.4. The standard InChI is InChI=1S/C47H62O14/c1-26-10-11-32-34(22-37(54-32)47(52)39(49)28(3)14-20-53-47)55-41(51)29(4)31-9-8-15-45(56-31)17-12-33(57-45)40(50)44(7)24-30(48)38(60-44)35-25-43(6)18-19-46(58-35,61-43)36-13-16-42(5,59-36)23-27(2)21-26/h8-11,14-15,20-21,28-29,33-40,49-50,52H,12-13,16-19,22-25H2,1-7H3/b26-10+,27-21+,32-11-/t28-,29-,33+,34-,35-,36-,37+,38+,39-,40+,42-,43+,44-,45-,46+,47-/m1/s1. The van der Waals surface area contributed by atoms with Gasteiger partial charge in [-0.25, -0.2) is 0 Å². The van der Waals surface area contributed by atoms with Crippen LogP contribution in [-0.4, -0.2) is 110 Å². The molecule has 61 heavy (non-hydrogen) atoms. The van der Waals surface area contributed by atoms with E-state index in [4.69, 9.17) is 42.6 Å². The average Bonchev–Trinajstić information content (AvgIpc) is 4.02. The van der Waals surface area contributed by atoms with Crippen molar-refractivity contribution in [2.24, 2.45) is 11.8 Å². The van der Waals surface area contributed by atoms with Gasteiger partial charge >= 0.3 is 5.97 Å². The second kappa shape index (κ2) is 15.1. The molecule has 14 heteroatoms. The van der Waals surface area contributed by atoms with E-state index in [1.807, 2.05) is 13.0 Å². The highest BCUT2D eigenvalue weighted by Gasteiger charge is 2.64. The molecule has 0 amide bonds. The number of rotatable bonds is 1. The first-order valence-corrected chi connectivity index (χ1v) is 22.1. The van der Waals surface area contributed by atoms with Gasteiger partial charge < -0.3 is 58.0 Å². The van der Waals surface area contributed by atoms with Crippen LogP contribution in [-0.2, 0) is 52.2 Å². The van der Waals surface area contributed by atoms with Gasteiger partial charge in [0.1, 0.15) is 47.5 Å². The summed E-state index contributed by atoms with van der Waals surface area (Å²) in [5, 5.41) is 34.6. The lowest BCUT2D eigenvalue weighted by Gasteiger charge is -2.47. The van der Waals surface area contributed by atoms with E-state index >= 15 is 0 Å². The maximum absolute atomic E-state index is 14.0. The first-order valence-electron chi connectivity index (χ1n) is 22.1. The van der Waals surface area contributed by atoms with Crippen LogP contribution in [0.15, 0.2) is 71.5 Å². The second-order valence-corrected chi connectivity index (χ2v) is 19.9. The van der Waals surface area contributed by atoms with Crippen LogP contribution in [0.25, 0.3) is 0 Å². The van der Waals surface area contributed by atoms with Crippen LogP contribution in [0.1, 0.15) is 113 Å². The molecule has 16 atom stereocenters. The van der Waals surface area contributed by atoms with Crippen LogP contribution in [0.5, 0.6) is 0 Å². The molecule has 9 aliphatic rings. The fourth-order valence-electron chi connectivity index (χ4n) is 11.2. The summed E-state index contributed by atoms with van der Waals surface area (Å²) in [6.07, 6.45) is 11.6. The molecule has 334 valence electrons. The Morgan fingerprint density at radius 1 is 0.787 bits per heavy atom. The van der Waals surface area contributed by atoms with Gasteiger partial charge in [0, 0.05) is 38.0 Å². The van der Waals surface area contributed by atoms with Crippen molar-refractivity contribution < 1.29 is 67.5 Å². The van der Waals surface area contributed by atoms with Gasteiger partial charge in [0.15, 0.2) is 23.8 Å². The van der Waals surface area contributed by atoms with Crippen molar-refractivity contribution >= 4 is 11.8 Å². The van der Waals surface area contributed by atoms with Crippen LogP contribution in [0, 0.1) is 11.8 Å². The number of ether oxygens (including phenoxy) is 9. The van der Waals surface area contributed by atoms with Crippen molar-refractivity contribution in [2.45, 2.75) is 196 Å². The second-order valence-electron chi connectivity index (χ2n) is 19.9. The zero-order valence-corrected chi connectivity index (χ0v) is 36.3. The summed E-state index contributed by atoms with van der Waals surface area (Å²) in [5.74, 6) is -5.82. The van der Waals surface area contributed by atoms with Crippen LogP contribution in [0.2, 0.25) is 0 Å². The summed E-state index contributed by atoms with van der Waals surface area (Å²) < 4.78 is 58.0. The van der Waals surface area contributed by atoms with Crippen LogP contribution >= 0.6 is 0 Å². The smallest absolute Gasteiger partial charge is 0.317 e. The minimum Gasteiger partial charge on any atom is -0.484 e. The maximum atomic E-state index is 14.0. The first-order chi connectivity index (χ1) is 28.7. The largest absolute Gasteiger partial charge is 0.484 e. The van der Waals surface area contributed by atoms with E-state index in [1.54, 1.807) is 51.2 Å². The molecule has 6 fully saturated rings. The molecule has 2 spiro atoms. The first kappa shape index (κ1) is 42.9. The molecular weight excluding hydrogens is 789 g/mol. The zero-order chi connectivity index (χ0) is 43.3. The van der Waals surface area contributed by atoms with Crippen molar-refractivity contribution in [3.05, 3.63) is 71.5 Å². The lowest BCUT2D eigenvalue weighted by molar-refractivity contribution is -0.359. The normalized spacial score (nSPS) is 52.3. The molecule has 9 heterocycles. The summed E-state index contributed by atoms with van der Waals surface area (Å²) in [6, 6.07) is 0. The number of fused-ring (bicyclic) bond motifs is 10. The summed E-state index contributed by atoms with van der Waals surface area (Å²) in [7, 11) is 0. The minimum absolute atomic E-state index is 0.0152.